The van der Waals surface area contributed by atoms with E-state index in [1.54, 1.807) is 18.6 Å². The molecule has 3 aromatic rings. The molecule has 5 nitrogen and oxygen atoms in total. The van der Waals surface area contributed by atoms with Gasteiger partial charge in [-0.2, -0.15) is 0 Å². The van der Waals surface area contributed by atoms with Crippen LogP contribution in [0, 0.1) is 0 Å². The second-order valence-corrected chi connectivity index (χ2v) is 4.38. The summed E-state index contributed by atoms with van der Waals surface area (Å²) in [6, 6.07) is 10.1. The molecule has 5 heteroatoms. The Morgan fingerprint density at radius 2 is 1.80 bits per heavy atom. The third-order valence-electron chi connectivity index (χ3n) is 2.89. The zero-order valence-corrected chi connectivity index (χ0v) is 10.9. The van der Waals surface area contributed by atoms with Crippen LogP contribution < -0.4 is 10.5 Å². The van der Waals surface area contributed by atoms with E-state index in [1.165, 1.54) is 0 Å². The monoisotopic (exact) mass is 266 g/mol. The first kappa shape index (κ1) is 12.5. The van der Waals surface area contributed by atoms with E-state index >= 15 is 0 Å². The number of nitrogens with two attached hydrogens (primary N) is 1. The molecule has 3 rings (SSSR count). The van der Waals surface area contributed by atoms with Gasteiger partial charge in [0.25, 0.3) is 0 Å². The van der Waals surface area contributed by atoms with E-state index in [1.807, 2.05) is 30.3 Å². The summed E-state index contributed by atoms with van der Waals surface area (Å²) >= 11 is 0. The van der Waals surface area contributed by atoms with Crippen LogP contribution in [0.1, 0.15) is 5.56 Å². The lowest BCUT2D eigenvalue weighted by molar-refractivity contribution is 0.440. The Labute approximate surface area is 116 Å². The van der Waals surface area contributed by atoms with Crippen LogP contribution >= 0.6 is 0 Å². The number of hydrogen-bond donors (Lipinski definition) is 1. The first-order chi connectivity index (χ1) is 9.85. The van der Waals surface area contributed by atoms with Crippen LogP contribution in [0.15, 0.2) is 48.9 Å². The molecule has 0 aliphatic carbocycles. The third kappa shape index (κ3) is 2.73. The number of fused-ring (bicyclic) bond motifs is 1. The van der Waals surface area contributed by atoms with Gasteiger partial charge in [0.15, 0.2) is 0 Å². The molecule has 2 aromatic heterocycles. The van der Waals surface area contributed by atoms with Gasteiger partial charge < -0.3 is 10.5 Å². The van der Waals surface area contributed by atoms with Gasteiger partial charge in [0.1, 0.15) is 5.75 Å². The van der Waals surface area contributed by atoms with Crippen LogP contribution in [0.3, 0.4) is 0 Å². The summed E-state index contributed by atoms with van der Waals surface area (Å²) < 4.78 is 5.60. The molecule has 0 bridgehead atoms. The van der Waals surface area contributed by atoms with Gasteiger partial charge in [-0.15, -0.1) is 0 Å². The van der Waals surface area contributed by atoms with E-state index < -0.39 is 0 Å². The summed E-state index contributed by atoms with van der Waals surface area (Å²) in [7, 11) is 0. The molecule has 0 unspecified atom stereocenters. The fraction of sp³-hybridized carbons (Fsp3) is 0.133. The Hall–Kier alpha value is -2.53. The molecular weight excluding hydrogens is 252 g/mol. The van der Waals surface area contributed by atoms with Crippen LogP contribution in [-0.2, 0) is 6.42 Å². The lowest BCUT2D eigenvalue weighted by Gasteiger charge is -2.05. The highest BCUT2D eigenvalue weighted by Crippen LogP contribution is 2.21. The molecule has 100 valence electrons. The van der Waals surface area contributed by atoms with E-state index in [2.05, 4.69) is 15.0 Å². The first-order valence-corrected chi connectivity index (χ1v) is 6.39. The van der Waals surface area contributed by atoms with Gasteiger partial charge in [0.2, 0.25) is 0 Å². The van der Waals surface area contributed by atoms with Crippen molar-refractivity contribution in [3.63, 3.8) is 0 Å². The largest absolute Gasteiger partial charge is 0.423 e. The molecule has 0 spiro atoms. The number of rotatable bonds is 4. The highest BCUT2D eigenvalue weighted by Gasteiger charge is 2.03. The summed E-state index contributed by atoms with van der Waals surface area (Å²) in [5, 5.41) is 1.02. The van der Waals surface area contributed by atoms with E-state index in [0.29, 0.717) is 18.3 Å². The van der Waals surface area contributed by atoms with Gasteiger partial charge >= 0.3 is 6.01 Å². The zero-order chi connectivity index (χ0) is 13.8. The maximum absolute atomic E-state index is 5.60. The molecule has 0 atom stereocenters. The second kappa shape index (κ2) is 5.63. The molecule has 0 aliphatic rings. The SMILES string of the molecule is NCCc1cnc(Oc2cnc3ccccc3c2)nc1. The van der Waals surface area contributed by atoms with E-state index in [9.17, 15) is 0 Å². The Morgan fingerprint density at radius 1 is 1.00 bits per heavy atom. The Bertz CT molecular complexity index is 712. The normalized spacial score (nSPS) is 10.7. The molecule has 2 N–H and O–H groups in total. The average Bonchev–Trinajstić information content (AvgIpc) is 2.49. The number of ether oxygens (including phenoxy) is 1. The van der Waals surface area contributed by atoms with Crippen molar-refractivity contribution in [2.45, 2.75) is 6.42 Å². The van der Waals surface area contributed by atoms with Gasteiger partial charge in [0.05, 0.1) is 11.7 Å². The van der Waals surface area contributed by atoms with Crippen molar-refractivity contribution in [1.29, 1.82) is 0 Å². The van der Waals surface area contributed by atoms with Gasteiger partial charge in [-0.05, 0) is 30.7 Å². The molecule has 0 radical (unpaired) electrons. The minimum absolute atomic E-state index is 0.308. The molecule has 0 amide bonds. The lowest BCUT2D eigenvalue weighted by atomic mass is 10.2. The van der Waals surface area contributed by atoms with Crippen molar-refractivity contribution < 1.29 is 4.74 Å². The quantitative estimate of drug-likeness (QED) is 0.784. The van der Waals surface area contributed by atoms with Crippen LogP contribution in [0.25, 0.3) is 10.9 Å². The van der Waals surface area contributed by atoms with Crippen molar-refractivity contribution in [2.75, 3.05) is 6.54 Å². The summed E-state index contributed by atoms with van der Waals surface area (Å²) in [5.74, 6) is 0.621. The van der Waals surface area contributed by atoms with Crippen molar-refractivity contribution in [3.05, 3.63) is 54.5 Å². The molecular formula is C15H14N4O. The van der Waals surface area contributed by atoms with Crippen molar-refractivity contribution >= 4 is 10.9 Å². The highest BCUT2D eigenvalue weighted by molar-refractivity contribution is 5.79. The maximum atomic E-state index is 5.60. The number of nitrogens with zero attached hydrogens (tertiary/aromatic N) is 3. The van der Waals surface area contributed by atoms with Crippen molar-refractivity contribution in [2.24, 2.45) is 5.73 Å². The summed E-state index contributed by atoms with van der Waals surface area (Å²) in [4.78, 5) is 12.6. The number of aromatic nitrogens is 3. The van der Waals surface area contributed by atoms with E-state index in [0.717, 1.165) is 22.9 Å². The zero-order valence-electron chi connectivity index (χ0n) is 10.9. The number of pyridine rings is 1. The topological polar surface area (TPSA) is 73.9 Å². The lowest BCUT2D eigenvalue weighted by Crippen LogP contribution is -2.03. The van der Waals surface area contributed by atoms with Crippen LogP contribution in [0.5, 0.6) is 11.8 Å². The summed E-state index contributed by atoms with van der Waals surface area (Å²) in [6.07, 6.45) is 5.88. The van der Waals surface area contributed by atoms with Crippen molar-refractivity contribution in [3.8, 4) is 11.8 Å². The number of hydrogen-bond acceptors (Lipinski definition) is 5. The predicted molar refractivity (Wildman–Crippen MR) is 76.6 cm³/mol. The van der Waals surface area contributed by atoms with Crippen LogP contribution in [0.2, 0.25) is 0 Å². The Kier molecular flexibility index (Phi) is 3.52. The fourth-order valence-electron chi connectivity index (χ4n) is 1.90. The molecule has 0 fully saturated rings. The van der Waals surface area contributed by atoms with Gasteiger partial charge in [0, 0.05) is 17.8 Å². The molecule has 0 saturated heterocycles. The van der Waals surface area contributed by atoms with E-state index in [4.69, 9.17) is 10.5 Å². The summed E-state index contributed by atoms with van der Waals surface area (Å²) in [5.41, 5.74) is 7.41. The molecule has 0 saturated carbocycles. The molecule has 20 heavy (non-hydrogen) atoms. The smallest absolute Gasteiger partial charge is 0.321 e. The molecule has 2 heterocycles. The second-order valence-electron chi connectivity index (χ2n) is 4.38. The maximum Gasteiger partial charge on any atom is 0.321 e. The minimum atomic E-state index is 0.308. The van der Waals surface area contributed by atoms with Gasteiger partial charge in [-0.25, -0.2) is 9.97 Å². The fourth-order valence-corrected chi connectivity index (χ4v) is 1.90. The minimum Gasteiger partial charge on any atom is -0.423 e. The van der Waals surface area contributed by atoms with Crippen LogP contribution in [-0.4, -0.2) is 21.5 Å². The molecule has 0 aliphatic heterocycles. The third-order valence-corrected chi connectivity index (χ3v) is 2.89. The van der Waals surface area contributed by atoms with Crippen LogP contribution in [0.4, 0.5) is 0 Å². The predicted octanol–water partition coefficient (Wildman–Crippen LogP) is 2.32. The number of benzene rings is 1. The molecule has 1 aromatic carbocycles. The van der Waals surface area contributed by atoms with Gasteiger partial charge in [-0.1, -0.05) is 18.2 Å². The summed E-state index contributed by atoms with van der Waals surface area (Å²) in [6.45, 7) is 0.582. The van der Waals surface area contributed by atoms with Gasteiger partial charge in [-0.3, -0.25) is 4.98 Å². The number of para-hydroxylation sites is 1. The van der Waals surface area contributed by atoms with E-state index in [-0.39, 0.29) is 0 Å². The Balaban J connectivity index is 1.81. The highest BCUT2D eigenvalue weighted by atomic mass is 16.5. The Morgan fingerprint density at radius 3 is 2.60 bits per heavy atom. The standard InChI is InChI=1S/C15H14N4O/c16-6-5-11-8-18-15(19-9-11)20-13-7-12-3-1-2-4-14(12)17-10-13/h1-4,7-10H,5-6,16H2. The average molecular weight is 266 g/mol. The van der Waals surface area contributed by atoms with Crippen molar-refractivity contribution in [1.82, 2.24) is 15.0 Å². The first-order valence-electron chi connectivity index (χ1n) is 6.39.